The zero-order valence-corrected chi connectivity index (χ0v) is 25.4. The second kappa shape index (κ2) is 11.8. The molecule has 2 N–H and O–H groups in total. The van der Waals surface area contributed by atoms with Crippen LogP contribution in [0.15, 0.2) is 113 Å². The molecule has 0 spiro atoms. The average molecular weight is 598 g/mol. The molecule has 0 aliphatic heterocycles. The number of aromatic amines is 2. The van der Waals surface area contributed by atoms with Gasteiger partial charge in [-0.2, -0.15) is 19.8 Å². The Balaban J connectivity index is 0.000000144. The Morgan fingerprint density at radius 3 is 1.83 bits per heavy atom. The molecule has 0 atom stereocenters. The fraction of sp³-hybridized carbons (Fsp3) is 0.0588. The van der Waals surface area contributed by atoms with Gasteiger partial charge in [-0.25, -0.2) is 0 Å². The van der Waals surface area contributed by atoms with Gasteiger partial charge in [0.25, 0.3) is 10.0 Å². The summed E-state index contributed by atoms with van der Waals surface area (Å²) in [7, 11) is 0. The van der Waals surface area contributed by atoms with Gasteiger partial charge in [0.15, 0.2) is 5.69 Å². The van der Waals surface area contributed by atoms with Crippen LogP contribution in [-0.4, -0.2) is 10.1 Å². The van der Waals surface area contributed by atoms with E-state index in [2.05, 4.69) is 94.9 Å². The van der Waals surface area contributed by atoms with E-state index in [1.807, 2.05) is 24.3 Å². The number of aryl methyl sites for hydroxylation is 1. The van der Waals surface area contributed by atoms with E-state index in [1.165, 1.54) is 31.1 Å². The summed E-state index contributed by atoms with van der Waals surface area (Å²) in [6, 6.07) is 33.5. The molecule has 0 bridgehead atoms. The van der Waals surface area contributed by atoms with Gasteiger partial charge >= 0.3 is 10.1 Å². The van der Waals surface area contributed by atoms with Crippen molar-refractivity contribution in [3.05, 3.63) is 114 Å². The summed E-state index contributed by atoms with van der Waals surface area (Å²) in [5.74, 6) is 0. The first kappa shape index (κ1) is 27.6. The Morgan fingerprint density at radius 2 is 1.20 bits per heavy atom. The van der Waals surface area contributed by atoms with E-state index < -0.39 is 0 Å². The number of thiazole rings is 2. The minimum Gasteiger partial charge on any atom is -0.778 e. The van der Waals surface area contributed by atoms with Gasteiger partial charge in [-0.15, -0.1) is 0 Å². The molecule has 0 saturated heterocycles. The van der Waals surface area contributed by atoms with Crippen molar-refractivity contribution in [1.82, 2.24) is 0 Å². The van der Waals surface area contributed by atoms with E-state index in [1.54, 1.807) is 22.7 Å². The Bertz CT molecular complexity index is 2020. The largest absolute Gasteiger partial charge is 2.00 e. The third kappa shape index (κ3) is 5.30. The molecule has 1 aliphatic carbocycles. The number of H-pyrrole nitrogens is 2. The van der Waals surface area contributed by atoms with Gasteiger partial charge in [-0.05, 0) is 52.2 Å². The quantitative estimate of drug-likeness (QED) is 0.148. The molecule has 8 rings (SSSR count). The Labute approximate surface area is 261 Å². The number of benzene rings is 5. The molecular formula is C34H24BeN2S4+2. The van der Waals surface area contributed by atoms with E-state index in [4.69, 9.17) is 25.3 Å². The van der Waals surface area contributed by atoms with Crippen molar-refractivity contribution in [1.29, 1.82) is 0 Å². The first-order valence-electron chi connectivity index (χ1n) is 13.2. The molecule has 0 unspecified atom stereocenters. The topological polar surface area (TPSA) is 28.3 Å². The van der Waals surface area contributed by atoms with Crippen LogP contribution < -0.4 is 9.97 Å². The van der Waals surface area contributed by atoms with Gasteiger partial charge in [0.05, 0.1) is 0 Å². The smallest absolute Gasteiger partial charge is 0.778 e. The Morgan fingerprint density at radius 1 is 0.610 bits per heavy atom. The zero-order chi connectivity index (χ0) is 27.1. The Hall–Kier alpha value is -3.51. The fourth-order valence-corrected chi connectivity index (χ4v) is 8.13. The molecule has 5 aromatic carbocycles. The van der Waals surface area contributed by atoms with Crippen LogP contribution >= 0.6 is 22.7 Å². The summed E-state index contributed by atoms with van der Waals surface area (Å²) in [5.41, 5.74) is 4.76. The summed E-state index contributed by atoms with van der Waals surface area (Å²) >= 11 is 14.9. The van der Waals surface area contributed by atoms with Crippen LogP contribution in [0.4, 0.5) is 0 Å². The second-order valence-electron chi connectivity index (χ2n) is 9.72. The third-order valence-corrected chi connectivity index (χ3v) is 10.3. The summed E-state index contributed by atoms with van der Waals surface area (Å²) in [6.45, 7) is 0. The first-order valence-corrected chi connectivity index (χ1v) is 15.6. The molecule has 41 heavy (non-hydrogen) atoms. The molecule has 7 aromatic rings. The number of aromatic nitrogens is 2. The van der Waals surface area contributed by atoms with Crippen molar-refractivity contribution >= 4 is 95.9 Å². The number of fused-ring (bicyclic) bond motifs is 4. The van der Waals surface area contributed by atoms with Crippen LogP contribution in [0.1, 0.15) is 17.0 Å². The summed E-state index contributed by atoms with van der Waals surface area (Å²) < 4.78 is 1.25. The number of hydrogen-bond donors (Lipinski definition) is 0. The average Bonchev–Trinajstić information content (AvgIpc) is 3.63. The summed E-state index contributed by atoms with van der Waals surface area (Å²) in [4.78, 5) is 10.2. The molecule has 0 radical (unpaired) electrons. The van der Waals surface area contributed by atoms with E-state index >= 15 is 0 Å². The van der Waals surface area contributed by atoms with E-state index in [0.717, 1.165) is 55.1 Å². The van der Waals surface area contributed by atoms with Crippen LogP contribution in [0.5, 0.6) is 0 Å². The maximum absolute atomic E-state index is 5.68. The van der Waals surface area contributed by atoms with Crippen molar-refractivity contribution in [2.24, 2.45) is 0 Å². The van der Waals surface area contributed by atoms with Crippen LogP contribution in [-0.2, 0) is 31.7 Å². The van der Waals surface area contributed by atoms with Crippen molar-refractivity contribution in [2.45, 2.75) is 22.6 Å². The van der Waals surface area contributed by atoms with Gasteiger partial charge < -0.3 is 25.3 Å². The minimum atomic E-state index is 0. The number of hydrogen-bond acceptors (Lipinski definition) is 4. The van der Waals surface area contributed by atoms with Gasteiger partial charge in [0, 0.05) is 23.6 Å². The minimum absolute atomic E-state index is 0. The monoisotopic (exact) mass is 597 g/mol. The SMILES string of the molecule is [Be+2].[S-]c1c(-c2[nH+]c3c(s2)C=CCC3)ccc2ccccc12.[S-]c1c(-c2[nH+]c3ccccc3s2)ccc2ccccc12. The molecule has 2 heterocycles. The standard InChI is InChI=1S/C17H13NS2.C17H11NS2.Be/c2*19-16-12-6-2-1-5-11(12)9-10-13(16)17-18-14-7-3-4-8-15(14)20-17;/h1-2,4-6,8-10,19H,3,7H2;1-10,19H;/q;;+2. The fourth-order valence-electron chi connectivity index (χ4n) is 5.14. The van der Waals surface area contributed by atoms with Crippen molar-refractivity contribution in [3.8, 4) is 21.1 Å². The maximum Gasteiger partial charge on any atom is 2.00 e. The number of rotatable bonds is 2. The second-order valence-corrected chi connectivity index (χ2v) is 12.6. The van der Waals surface area contributed by atoms with Gasteiger partial charge in [-0.3, -0.25) is 0 Å². The van der Waals surface area contributed by atoms with Crippen molar-refractivity contribution in [2.75, 3.05) is 0 Å². The van der Waals surface area contributed by atoms with E-state index in [0.29, 0.717) is 0 Å². The maximum atomic E-state index is 5.68. The molecule has 2 nitrogen and oxygen atoms in total. The predicted molar refractivity (Wildman–Crippen MR) is 180 cm³/mol. The summed E-state index contributed by atoms with van der Waals surface area (Å²) in [6.07, 6.45) is 6.68. The molecule has 2 aromatic heterocycles. The molecule has 0 amide bonds. The number of nitrogens with one attached hydrogen (secondary N) is 2. The van der Waals surface area contributed by atoms with Gasteiger partial charge in [0.2, 0.25) is 5.52 Å². The van der Waals surface area contributed by atoms with E-state index in [-0.39, 0.29) is 10.1 Å². The summed E-state index contributed by atoms with van der Waals surface area (Å²) in [5, 5.41) is 7.02. The molecule has 7 heteroatoms. The zero-order valence-electron chi connectivity index (χ0n) is 22.1. The molecule has 1 aliphatic rings. The van der Waals surface area contributed by atoms with E-state index in [9.17, 15) is 0 Å². The van der Waals surface area contributed by atoms with Crippen LogP contribution in [0.3, 0.4) is 0 Å². The third-order valence-electron chi connectivity index (χ3n) is 7.20. The normalized spacial score (nSPS) is 12.1. The van der Waals surface area contributed by atoms with Gasteiger partial charge in [0.1, 0.15) is 9.58 Å². The Kier molecular flexibility index (Phi) is 7.94. The van der Waals surface area contributed by atoms with Crippen molar-refractivity contribution < 1.29 is 9.97 Å². The molecule has 194 valence electrons. The number of para-hydroxylation sites is 1. The van der Waals surface area contributed by atoms with Crippen molar-refractivity contribution in [3.63, 3.8) is 0 Å². The molecule has 0 saturated carbocycles. The van der Waals surface area contributed by atoms with Gasteiger partial charge in [-0.1, -0.05) is 102 Å². The first-order chi connectivity index (χ1) is 19.7. The molecule has 0 fully saturated rings. The van der Waals surface area contributed by atoms with Crippen LogP contribution in [0.25, 0.3) is 59.0 Å². The number of allylic oxidation sites excluding steroid dienone is 1. The van der Waals surface area contributed by atoms with Crippen LogP contribution in [0.2, 0.25) is 0 Å². The molecular weight excluding hydrogens is 574 g/mol. The predicted octanol–water partition coefficient (Wildman–Crippen LogP) is 8.31. The van der Waals surface area contributed by atoms with Crippen LogP contribution in [0, 0.1) is 0 Å².